The summed E-state index contributed by atoms with van der Waals surface area (Å²) in [5.41, 5.74) is 3.75. The number of benzene rings is 1. The van der Waals surface area contributed by atoms with Crippen LogP contribution in [0, 0.1) is 0 Å². The predicted molar refractivity (Wildman–Crippen MR) is 136 cm³/mol. The van der Waals surface area contributed by atoms with Gasteiger partial charge in [0.25, 0.3) is 0 Å². The lowest BCUT2D eigenvalue weighted by Gasteiger charge is -2.33. The standard InChI is InChI=1S/C25H39N5O2S/c1-3-5-16-30(17-6-4-2)33(31,32)28-21-11-13-24-23(19-21)25(27-26-24)20-10-12-22-9-7-8-15-29(22)18-14-20/h11,13-14,19,22,28H,3-10,12,15-18H2,1-2H3,(H,26,27). The molecule has 1 aromatic carbocycles. The number of allylic oxidation sites excluding steroid dienone is 1. The Bertz CT molecular complexity index is 1050. The Morgan fingerprint density at radius 2 is 1.94 bits per heavy atom. The zero-order valence-electron chi connectivity index (χ0n) is 20.1. The molecule has 2 N–H and O–H groups in total. The zero-order valence-corrected chi connectivity index (χ0v) is 21.0. The molecule has 1 aromatic heterocycles. The number of nitrogens with zero attached hydrogens (tertiary/aromatic N) is 3. The number of anilines is 1. The van der Waals surface area contributed by atoms with Crippen LogP contribution < -0.4 is 4.72 Å². The van der Waals surface area contributed by atoms with Crippen LogP contribution in [-0.2, 0) is 10.2 Å². The van der Waals surface area contributed by atoms with Crippen LogP contribution in [0.5, 0.6) is 0 Å². The molecule has 2 aliphatic rings. The van der Waals surface area contributed by atoms with Crippen LogP contribution in [0.15, 0.2) is 24.3 Å². The first kappa shape index (κ1) is 24.2. The molecule has 1 atom stereocenters. The van der Waals surface area contributed by atoms with E-state index >= 15 is 0 Å². The van der Waals surface area contributed by atoms with Crippen LogP contribution in [0.1, 0.15) is 77.3 Å². The second-order valence-corrected chi connectivity index (χ2v) is 11.1. The van der Waals surface area contributed by atoms with E-state index in [1.54, 1.807) is 4.31 Å². The first-order valence-corrected chi connectivity index (χ1v) is 14.1. The maximum atomic E-state index is 13.1. The molecule has 7 nitrogen and oxygen atoms in total. The molecule has 0 bridgehead atoms. The average Bonchev–Trinajstić information content (AvgIpc) is 3.10. The van der Waals surface area contributed by atoms with Gasteiger partial charge in [0, 0.05) is 31.1 Å². The highest BCUT2D eigenvalue weighted by Crippen LogP contribution is 2.33. The summed E-state index contributed by atoms with van der Waals surface area (Å²) >= 11 is 0. The Morgan fingerprint density at radius 3 is 2.70 bits per heavy atom. The number of piperidine rings is 1. The van der Waals surface area contributed by atoms with E-state index in [-0.39, 0.29) is 0 Å². The van der Waals surface area contributed by atoms with Crippen molar-refractivity contribution in [1.82, 2.24) is 19.4 Å². The second kappa shape index (κ2) is 11.0. The third-order valence-corrected chi connectivity index (χ3v) is 8.58. The van der Waals surface area contributed by atoms with E-state index < -0.39 is 10.2 Å². The molecular weight excluding hydrogens is 434 g/mol. The van der Waals surface area contributed by atoms with Crippen LogP contribution >= 0.6 is 0 Å². The van der Waals surface area contributed by atoms with Gasteiger partial charge < -0.3 is 0 Å². The van der Waals surface area contributed by atoms with Crippen molar-refractivity contribution < 1.29 is 8.42 Å². The monoisotopic (exact) mass is 473 g/mol. The minimum Gasteiger partial charge on any atom is -0.297 e. The Balaban J connectivity index is 1.55. The van der Waals surface area contributed by atoms with E-state index in [0.29, 0.717) is 24.8 Å². The molecule has 3 heterocycles. The van der Waals surface area contributed by atoms with Gasteiger partial charge in [0.15, 0.2) is 0 Å². The fraction of sp³-hybridized carbons (Fsp3) is 0.640. The van der Waals surface area contributed by atoms with Crippen molar-refractivity contribution in [3.8, 4) is 0 Å². The first-order valence-electron chi connectivity index (χ1n) is 12.7. The highest BCUT2D eigenvalue weighted by atomic mass is 32.2. The molecule has 2 aliphatic heterocycles. The summed E-state index contributed by atoms with van der Waals surface area (Å²) in [6, 6.07) is 6.36. The van der Waals surface area contributed by atoms with Crippen molar-refractivity contribution in [2.75, 3.05) is 30.9 Å². The maximum absolute atomic E-state index is 13.1. The molecule has 2 aromatic rings. The Hall–Kier alpha value is -1.90. The molecule has 0 radical (unpaired) electrons. The molecule has 0 aliphatic carbocycles. The summed E-state index contributed by atoms with van der Waals surface area (Å²) in [5, 5.41) is 8.76. The molecule has 0 saturated carbocycles. The van der Waals surface area contributed by atoms with Crippen molar-refractivity contribution >= 4 is 32.4 Å². The first-order chi connectivity index (χ1) is 16.0. The third kappa shape index (κ3) is 5.78. The summed E-state index contributed by atoms with van der Waals surface area (Å²) in [4.78, 5) is 2.60. The molecule has 1 fully saturated rings. The number of nitrogens with one attached hydrogen (secondary N) is 2. The lowest BCUT2D eigenvalue weighted by molar-refractivity contribution is 0.161. The lowest BCUT2D eigenvalue weighted by atomic mass is 9.96. The fourth-order valence-corrected chi connectivity index (χ4v) is 6.34. The van der Waals surface area contributed by atoms with Crippen LogP contribution in [0.2, 0.25) is 0 Å². The van der Waals surface area contributed by atoms with Gasteiger partial charge in [-0.05, 0) is 68.8 Å². The summed E-state index contributed by atoms with van der Waals surface area (Å²) < 4.78 is 30.7. The summed E-state index contributed by atoms with van der Waals surface area (Å²) in [5.74, 6) is 0. The van der Waals surface area contributed by atoms with Gasteiger partial charge in [0.2, 0.25) is 0 Å². The average molecular weight is 474 g/mol. The van der Waals surface area contributed by atoms with E-state index in [4.69, 9.17) is 0 Å². The molecule has 1 unspecified atom stereocenters. The number of aromatic nitrogens is 2. The highest BCUT2D eigenvalue weighted by Gasteiger charge is 2.26. The van der Waals surface area contributed by atoms with Crippen molar-refractivity contribution in [2.24, 2.45) is 0 Å². The highest BCUT2D eigenvalue weighted by molar-refractivity contribution is 7.90. The number of aromatic amines is 1. The summed E-state index contributed by atoms with van der Waals surface area (Å²) in [6.45, 7) is 7.44. The van der Waals surface area contributed by atoms with E-state index in [0.717, 1.165) is 61.7 Å². The molecule has 0 spiro atoms. The smallest absolute Gasteiger partial charge is 0.297 e. The SMILES string of the molecule is CCCCN(CCCC)S(=O)(=O)Nc1ccc2[nH]nc(C3=CCN4CCCCC4CC3)c2c1. The van der Waals surface area contributed by atoms with Crippen LogP contribution in [0.3, 0.4) is 0 Å². The van der Waals surface area contributed by atoms with E-state index in [1.165, 1.54) is 31.4 Å². The van der Waals surface area contributed by atoms with Crippen molar-refractivity contribution in [3.63, 3.8) is 0 Å². The van der Waals surface area contributed by atoms with Gasteiger partial charge in [-0.25, -0.2) is 0 Å². The summed E-state index contributed by atoms with van der Waals surface area (Å²) in [6.07, 6.45) is 12.1. The molecule has 33 heavy (non-hydrogen) atoms. The minimum absolute atomic E-state index is 0.551. The lowest BCUT2D eigenvalue weighted by Crippen LogP contribution is -2.38. The Labute approximate surface area is 198 Å². The molecule has 4 rings (SSSR count). The summed E-state index contributed by atoms with van der Waals surface area (Å²) in [7, 11) is -3.60. The number of H-pyrrole nitrogens is 1. The van der Waals surface area contributed by atoms with Gasteiger partial charge >= 0.3 is 10.2 Å². The zero-order chi connectivity index (χ0) is 23.3. The van der Waals surface area contributed by atoms with Crippen molar-refractivity contribution in [3.05, 3.63) is 30.0 Å². The van der Waals surface area contributed by atoms with Crippen molar-refractivity contribution in [1.29, 1.82) is 0 Å². The van der Waals surface area contributed by atoms with Gasteiger partial charge in [0.1, 0.15) is 0 Å². The second-order valence-electron chi connectivity index (χ2n) is 9.46. The van der Waals surface area contributed by atoms with E-state index in [1.807, 2.05) is 18.2 Å². The van der Waals surface area contributed by atoms with Gasteiger partial charge in [-0.1, -0.05) is 39.2 Å². The molecule has 182 valence electrons. The molecule has 8 heteroatoms. The molecule has 0 amide bonds. The molecule has 1 saturated heterocycles. The number of hydrogen-bond acceptors (Lipinski definition) is 4. The van der Waals surface area contributed by atoms with Crippen molar-refractivity contribution in [2.45, 2.75) is 77.7 Å². The van der Waals surface area contributed by atoms with Gasteiger partial charge in [-0.3, -0.25) is 14.7 Å². The predicted octanol–water partition coefficient (Wildman–Crippen LogP) is 5.15. The van der Waals surface area contributed by atoms with Gasteiger partial charge in [-0.2, -0.15) is 17.8 Å². The van der Waals surface area contributed by atoms with Gasteiger partial charge in [-0.15, -0.1) is 0 Å². The largest absolute Gasteiger partial charge is 0.301 e. The number of fused-ring (bicyclic) bond motifs is 2. The Kier molecular flexibility index (Phi) is 8.09. The van der Waals surface area contributed by atoms with Crippen LogP contribution in [0.25, 0.3) is 16.5 Å². The fourth-order valence-electron chi connectivity index (χ4n) is 5.05. The number of hydrogen-bond donors (Lipinski definition) is 2. The number of rotatable bonds is 10. The number of unbranched alkanes of at least 4 members (excludes halogenated alkanes) is 2. The topological polar surface area (TPSA) is 81.3 Å². The van der Waals surface area contributed by atoms with Gasteiger partial charge in [0.05, 0.1) is 16.9 Å². The van der Waals surface area contributed by atoms with E-state index in [2.05, 4.69) is 39.7 Å². The Morgan fingerprint density at radius 1 is 1.15 bits per heavy atom. The molecular formula is C25H39N5O2S. The quantitative estimate of drug-likeness (QED) is 0.500. The minimum atomic E-state index is -3.60. The van der Waals surface area contributed by atoms with Crippen LogP contribution in [-0.4, -0.2) is 60.0 Å². The maximum Gasteiger partial charge on any atom is 0.301 e. The normalized spacial score (nSPS) is 20.0. The van der Waals surface area contributed by atoms with Crippen LogP contribution in [0.4, 0.5) is 5.69 Å². The van der Waals surface area contributed by atoms with E-state index in [9.17, 15) is 8.42 Å². The third-order valence-electron chi connectivity index (χ3n) is 7.04.